The number of phenols is 1. The molecule has 1 N–H and O–H groups in total. The summed E-state index contributed by atoms with van der Waals surface area (Å²) in [6.45, 7) is 11.2. The predicted molar refractivity (Wildman–Crippen MR) is 93.4 cm³/mol. The van der Waals surface area contributed by atoms with Crippen molar-refractivity contribution in [3.63, 3.8) is 0 Å². The normalized spacial score (nSPS) is 11.1. The highest BCUT2D eigenvalue weighted by atomic mass is 16.3. The first-order chi connectivity index (χ1) is 10.1. The van der Waals surface area contributed by atoms with Gasteiger partial charge in [0.05, 0.1) is 0 Å². The molecule has 1 heteroatoms. The quantitative estimate of drug-likeness (QED) is 0.600. The molecule has 0 heterocycles. The average molecular weight is 290 g/mol. The monoisotopic (exact) mass is 290 g/mol. The van der Waals surface area contributed by atoms with E-state index in [1.165, 1.54) is 53.5 Å². The number of aromatic hydroxyl groups is 1. The second-order valence-corrected chi connectivity index (χ2v) is 6.20. The fourth-order valence-electron chi connectivity index (χ4n) is 3.42. The molecule has 0 aliphatic rings. The van der Waals surface area contributed by atoms with E-state index >= 15 is 0 Å². The largest absolute Gasteiger partial charge is 0.507 e. The van der Waals surface area contributed by atoms with Crippen molar-refractivity contribution in [2.24, 2.45) is 0 Å². The van der Waals surface area contributed by atoms with Crippen LogP contribution in [-0.4, -0.2) is 5.11 Å². The predicted octanol–water partition coefficient (Wildman–Crippen LogP) is 5.90. The molecule has 0 amide bonds. The fourth-order valence-corrected chi connectivity index (χ4v) is 3.42. The Bertz CT molecular complexity index is 446. The average Bonchev–Trinajstić information content (AvgIpc) is 2.48. The van der Waals surface area contributed by atoms with Gasteiger partial charge in [0.25, 0.3) is 0 Å². The third-order valence-electron chi connectivity index (χ3n) is 4.62. The molecule has 1 rings (SSSR count). The first kappa shape index (κ1) is 18.1. The van der Waals surface area contributed by atoms with Crippen molar-refractivity contribution >= 4 is 0 Å². The van der Waals surface area contributed by atoms with Crippen LogP contribution in [0, 0.1) is 6.92 Å². The molecule has 1 aromatic rings. The van der Waals surface area contributed by atoms with Crippen LogP contribution in [0.2, 0.25) is 0 Å². The lowest BCUT2D eigenvalue weighted by Gasteiger charge is -2.22. The number of unbranched alkanes of at least 4 members (excludes halogenated alkanes) is 2. The van der Waals surface area contributed by atoms with Crippen LogP contribution in [0.3, 0.4) is 0 Å². The van der Waals surface area contributed by atoms with E-state index in [4.69, 9.17) is 0 Å². The lowest BCUT2D eigenvalue weighted by atomic mass is 9.84. The fraction of sp³-hybridized carbons (Fsp3) is 0.700. The first-order valence-electron chi connectivity index (χ1n) is 8.97. The van der Waals surface area contributed by atoms with Crippen molar-refractivity contribution in [2.45, 2.75) is 92.4 Å². The molecule has 0 aliphatic carbocycles. The number of phenolic OH excluding ortho intramolecular Hbond substituents is 1. The van der Waals surface area contributed by atoms with Crippen molar-refractivity contribution in [3.8, 4) is 5.75 Å². The summed E-state index contributed by atoms with van der Waals surface area (Å²) in [5, 5.41) is 10.9. The summed E-state index contributed by atoms with van der Waals surface area (Å²) in [7, 11) is 0. The zero-order chi connectivity index (χ0) is 15.8. The molecule has 1 aromatic carbocycles. The molecule has 0 aromatic heterocycles. The van der Waals surface area contributed by atoms with E-state index < -0.39 is 0 Å². The lowest BCUT2D eigenvalue weighted by molar-refractivity contribution is 0.456. The van der Waals surface area contributed by atoms with Gasteiger partial charge < -0.3 is 5.11 Å². The van der Waals surface area contributed by atoms with Gasteiger partial charge in [-0.3, -0.25) is 0 Å². The van der Waals surface area contributed by atoms with E-state index in [9.17, 15) is 5.11 Å². The molecule has 0 saturated carbocycles. The maximum Gasteiger partial charge on any atom is 0.122 e. The lowest BCUT2D eigenvalue weighted by Crippen LogP contribution is -2.07. The molecule has 0 bridgehead atoms. The standard InChI is InChI=1S/C20H34O/c1-6-10-13-17-15(5)16(9-4)18(12-8-3)20(21)19(17)14-11-7-2/h21H,6-14H2,1-5H3. The van der Waals surface area contributed by atoms with Gasteiger partial charge >= 0.3 is 0 Å². The Hall–Kier alpha value is -0.980. The second-order valence-electron chi connectivity index (χ2n) is 6.20. The number of hydrogen-bond acceptors (Lipinski definition) is 1. The van der Waals surface area contributed by atoms with Crippen LogP contribution in [-0.2, 0) is 25.7 Å². The highest BCUT2D eigenvalue weighted by Gasteiger charge is 2.19. The van der Waals surface area contributed by atoms with Crippen LogP contribution in [0.25, 0.3) is 0 Å². The zero-order valence-electron chi connectivity index (χ0n) is 14.8. The van der Waals surface area contributed by atoms with E-state index in [2.05, 4.69) is 34.6 Å². The van der Waals surface area contributed by atoms with E-state index in [0.717, 1.165) is 32.1 Å². The second kappa shape index (κ2) is 9.12. The van der Waals surface area contributed by atoms with Crippen molar-refractivity contribution in [3.05, 3.63) is 27.8 Å². The molecule has 0 spiro atoms. The van der Waals surface area contributed by atoms with Gasteiger partial charge in [0.15, 0.2) is 0 Å². The Balaban J connectivity index is 3.40. The third-order valence-corrected chi connectivity index (χ3v) is 4.62. The van der Waals surface area contributed by atoms with Gasteiger partial charge in [-0.25, -0.2) is 0 Å². The Kier molecular flexibility index (Phi) is 7.85. The zero-order valence-corrected chi connectivity index (χ0v) is 14.8. The van der Waals surface area contributed by atoms with Gasteiger partial charge in [-0.1, -0.05) is 47.0 Å². The summed E-state index contributed by atoms with van der Waals surface area (Å²) in [4.78, 5) is 0. The molecule has 0 radical (unpaired) electrons. The van der Waals surface area contributed by atoms with Crippen LogP contribution in [0.1, 0.15) is 87.6 Å². The number of hydrogen-bond donors (Lipinski definition) is 1. The number of benzene rings is 1. The van der Waals surface area contributed by atoms with Crippen LogP contribution < -0.4 is 0 Å². The summed E-state index contributed by atoms with van der Waals surface area (Å²) in [5.41, 5.74) is 6.78. The van der Waals surface area contributed by atoms with Crippen LogP contribution in [0.4, 0.5) is 0 Å². The minimum atomic E-state index is 0.624. The van der Waals surface area contributed by atoms with Crippen molar-refractivity contribution in [2.75, 3.05) is 0 Å². The maximum atomic E-state index is 10.9. The minimum Gasteiger partial charge on any atom is -0.507 e. The van der Waals surface area contributed by atoms with Gasteiger partial charge in [-0.05, 0) is 73.3 Å². The molecule has 0 unspecified atom stereocenters. The topological polar surface area (TPSA) is 20.2 Å². The SMILES string of the molecule is CCCCc1c(C)c(CC)c(CCC)c(O)c1CCCC. The number of rotatable bonds is 9. The summed E-state index contributed by atoms with van der Waals surface area (Å²) in [6.07, 6.45) is 10.1. The summed E-state index contributed by atoms with van der Waals surface area (Å²) in [5.74, 6) is 0.624. The third kappa shape index (κ3) is 4.25. The van der Waals surface area contributed by atoms with E-state index in [1.807, 2.05) is 0 Å². The van der Waals surface area contributed by atoms with Gasteiger partial charge in [-0.2, -0.15) is 0 Å². The van der Waals surface area contributed by atoms with Gasteiger partial charge in [0.1, 0.15) is 5.75 Å². The van der Waals surface area contributed by atoms with Gasteiger partial charge in [-0.15, -0.1) is 0 Å². The van der Waals surface area contributed by atoms with Crippen molar-refractivity contribution in [1.29, 1.82) is 0 Å². The van der Waals surface area contributed by atoms with E-state index in [0.29, 0.717) is 5.75 Å². The van der Waals surface area contributed by atoms with Crippen molar-refractivity contribution in [1.82, 2.24) is 0 Å². The highest BCUT2D eigenvalue weighted by Crippen LogP contribution is 2.36. The van der Waals surface area contributed by atoms with Crippen molar-refractivity contribution < 1.29 is 5.11 Å². The Morgan fingerprint density at radius 2 is 1.19 bits per heavy atom. The van der Waals surface area contributed by atoms with E-state index in [1.54, 1.807) is 0 Å². The highest BCUT2D eigenvalue weighted by molar-refractivity contribution is 5.55. The molecule has 21 heavy (non-hydrogen) atoms. The smallest absolute Gasteiger partial charge is 0.122 e. The van der Waals surface area contributed by atoms with Gasteiger partial charge in [0, 0.05) is 0 Å². The molecule has 0 aliphatic heterocycles. The summed E-state index contributed by atoms with van der Waals surface area (Å²) < 4.78 is 0. The maximum absolute atomic E-state index is 10.9. The summed E-state index contributed by atoms with van der Waals surface area (Å²) in [6, 6.07) is 0. The molecule has 0 saturated heterocycles. The minimum absolute atomic E-state index is 0.624. The Morgan fingerprint density at radius 3 is 1.67 bits per heavy atom. The van der Waals surface area contributed by atoms with Crippen LogP contribution >= 0.6 is 0 Å². The molecular formula is C20H34O. The molecule has 0 fully saturated rings. The first-order valence-corrected chi connectivity index (χ1v) is 8.97. The van der Waals surface area contributed by atoms with Crippen LogP contribution in [0.15, 0.2) is 0 Å². The van der Waals surface area contributed by atoms with Gasteiger partial charge in [0.2, 0.25) is 0 Å². The molecule has 0 atom stereocenters. The van der Waals surface area contributed by atoms with Crippen LogP contribution in [0.5, 0.6) is 5.75 Å². The molecule has 120 valence electrons. The summed E-state index contributed by atoms with van der Waals surface area (Å²) >= 11 is 0. The molecular weight excluding hydrogens is 256 g/mol. The van der Waals surface area contributed by atoms with E-state index in [-0.39, 0.29) is 0 Å². The Labute approximate surface area is 131 Å². The molecule has 1 nitrogen and oxygen atoms in total. The Morgan fingerprint density at radius 1 is 0.667 bits per heavy atom.